The Balaban J connectivity index is 0.000000561. The third-order valence-corrected chi connectivity index (χ3v) is 4.67. The lowest BCUT2D eigenvalue weighted by atomic mass is 9.91. The van der Waals surface area contributed by atoms with Gasteiger partial charge >= 0.3 is 5.97 Å². The molecule has 0 bridgehead atoms. The molecule has 0 heterocycles. The number of carbonyl (C=O) groups is 2. The third-order valence-electron chi connectivity index (χ3n) is 4.67. The molecule has 7 nitrogen and oxygen atoms in total. The van der Waals surface area contributed by atoms with Crippen LogP contribution in [0.3, 0.4) is 0 Å². The molecule has 7 heteroatoms. The number of benzene rings is 1. The maximum atomic E-state index is 11.5. The summed E-state index contributed by atoms with van der Waals surface area (Å²) in [6.45, 7) is 11.4. The molecule has 0 aliphatic heterocycles. The molecule has 1 aromatic rings. The van der Waals surface area contributed by atoms with E-state index in [-0.39, 0.29) is 17.8 Å². The quantitative estimate of drug-likeness (QED) is 0.426. The van der Waals surface area contributed by atoms with E-state index in [0.717, 1.165) is 18.5 Å². The Bertz CT molecular complexity index is 665. The Hall–Kier alpha value is -2.43. The van der Waals surface area contributed by atoms with Crippen LogP contribution in [0.5, 0.6) is 0 Å². The van der Waals surface area contributed by atoms with Gasteiger partial charge in [0.1, 0.15) is 6.61 Å². The smallest absolute Gasteiger partial charge is 0.311 e. The average Bonchev–Trinajstić information content (AvgIpc) is 2.76. The topological polar surface area (TPSA) is 97.7 Å². The number of hydrogen-bond donors (Lipinski definition) is 1. The van der Waals surface area contributed by atoms with E-state index in [1.165, 1.54) is 0 Å². The van der Waals surface area contributed by atoms with Crippen LogP contribution in [0.4, 0.5) is 5.69 Å². The molecule has 0 aliphatic carbocycles. The lowest BCUT2D eigenvalue weighted by Gasteiger charge is -2.20. The van der Waals surface area contributed by atoms with Gasteiger partial charge in [-0.1, -0.05) is 20.8 Å². The Morgan fingerprint density at radius 2 is 1.70 bits per heavy atom. The highest BCUT2D eigenvalue weighted by Gasteiger charge is 2.26. The number of methoxy groups -OCH3 is 1. The third kappa shape index (κ3) is 11.5. The fraction of sp³-hybridized carbons (Fsp3) is 0.609. The van der Waals surface area contributed by atoms with Crippen molar-refractivity contribution in [1.29, 1.82) is 5.26 Å². The highest BCUT2D eigenvalue weighted by atomic mass is 16.6. The lowest BCUT2D eigenvalue weighted by Crippen LogP contribution is -2.27. The molecule has 0 spiro atoms. The van der Waals surface area contributed by atoms with Crippen LogP contribution in [-0.4, -0.2) is 45.4 Å². The number of nitrogens with zero attached hydrogens (tertiary/aromatic N) is 1. The normalized spacial score (nSPS) is 11.5. The zero-order chi connectivity index (χ0) is 23.0. The molecule has 168 valence electrons. The summed E-state index contributed by atoms with van der Waals surface area (Å²) in [4.78, 5) is 23.0. The van der Waals surface area contributed by atoms with E-state index in [1.807, 2.05) is 40.7 Å². The summed E-state index contributed by atoms with van der Waals surface area (Å²) in [7, 11) is 1.62. The number of rotatable bonds is 11. The van der Waals surface area contributed by atoms with E-state index in [4.69, 9.17) is 19.5 Å². The molecular formula is C23H36N2O5. The van der Waals surface area contributed by atoms with Crippen LogP contribution in [0.25, 0.3) is 0 Å². The Morgan fingerprint density at radius 3 is 2.20 bits per heavy atom. The lowest BCUT2D eigenvalue weighted by molar-refractivity contribution is -0.155. The van der Waals surface area contributed by atoms with Gasteiger partial charge in [-0.15, -0.1) is 0 Å². The predicted molar refractivity (Wildman–Crippen MR) is 117 cm³/mol. The van der Waals surface area contributed by atoms with Gasteiger partial charge in [-0.05, 0) is 51.0 Å². The SMILES string of the molecule is CCC(C)(C)C(=O)OCCOCCOC.CCC(C)C(=O)Nc1ccc(C#N)cc1. The van der Waals surface area contributed by atoms with Crippen molar-refractivity contribution < 1.29 is 23.8 Å². The van der Waals surface area contributed by atoms with Crippen molar-refractivity contribution in [3.63, 3.8) is 0 Å². The minimum atomic E-state index is -0.396. The number of amides is 1. The van der Waals surface area contributed by atoms with Crippen molar-refractivity contribution in [2.75, 3.05) is 38.9 Å². The molecule has 0 aromatic heterocycles. The predicted octanol–water partition coefficient (Wildman–Crippen LogP) is 4.17. The first-order chi connectivity index (χ1) is 14.2. The number of esters is 1. The Kier molecular flexibility index (Phi) is 14.2. The molecule has 0 saturated carbocycles. The van der Waals surface area contributed by atoms with Crippen LogP contribution in [0.1, 0.15) is 53.0 Å². The van der Waals surface area contributed by atoms with Crippen molar-refractivity contribution in [3.05, 3.63) is 29.8 Å². The number of anilines is 1. The van der Waals surface area contributed by atoms with Gasteiger partial charge in [0.15, 0.2) is 0 Å². The monoisotopic (exact) mass is 420 g/mol. The number of carbonyl (C=O) groups excluding carboxylic acids is 2. The fourth-order valence-corrected chi connectivity index (χ4v) is 1.86. The van der Waals surface area contributed by atoms with Crippen LogP contribution in [0.2, 0.25) is 0 Å². The summed E-state index contributed by atoms with van der Waals surface area (Å²) in [6, 6.07) is 8.87. The average molecular weight is 421 g/mol. The Labute approximate surface area is 180 Å². The summed E-state index contributed by atoms with van der Waals surface area (Å²) >= 11 is 0. The summed E-state index contributed by atoms with van der Waals surface area (Å²) in [5, 5.41) is 11.4. The molecule has 0 radical (unpaired) electrons. The van der Waals surface area contributed by atoms with E-state index in [2.05, 4.69) is 5.32 Å². The van der Waals surface area contributed by atoms with Gasteiger partial charge in [-0.3, -0.25) is 9.59 Å². The maximum absolute atomic E-state index is 11.5. The maximum Gasteiger partial charge on any atom is 0.311 e. The second-order valence-corrected chi connectivity index (χ2v) is 7.47. The van der Waals surface area contributed by atoms with E-state index >= 15 is 0 Å². The van der Waals surface area contributed by atoms with Gasteiger partial charge in [-0.2, -0.15) is 5.26 Å². The summed E-state index contributed by atoms with van der Waals surface area (Å²) in [6.07, 6.45) is 1.60. The van der Waals surface area contributed by atoms with Gasteiger partial charge in [0, 0.05) is 18.7 Å². The number of nitriles is 1. The van der Waals surface area contributed by atoms with Crippen molar-refractivity contribution in [1.82, 2.24) is 0 Å². The number of ether oxygens (including phenoxy) is 3. The molecule has 1 N–H and O–H groups in total. The minimum Gasteiger partial charge on any atom is -0.463 e. The largest absolute Gasteiger partial charge is 0.463 e. The van der Waals surface area contributed by atoms with E-state index in [1.54, 1.807) is 31.4 Å². The van der Waals surface area contributed by atoms with Gasteiger partial charge in [0.2, 0.25) is 5.91 Å². The molecule has 0 saturated heterocycles. The zero-order valence-corrected chi connectivity index (χ0v) is 19.1. The second-order valence-electron chi connectivity index (χ2n) is 7.47. The van der Waals surface area contributed by atoms with Crippen molar-refractivity contribution >= 4 is 17.6 Å². The second kappa shape index (κ2) is 15.4. The summed E-state index contributed by atoms with van der Waals surface area (Å²) < 4.78 is 15.1. The molecular weight excluding hydrogens is 384 g/mol. The molecule has 30 heavy (non-hydrogen) atoms. The van der Waals surface area contributed by atoms with Crippen molar-refractivity contribution in [3.8, 4) is 6.07 Å². The number of nitrogens with one attached hydrogen (secondary N) is 1. The van der Waals surface area contributed by atoms with Gasteiger partial charge in [0.25, 0.3) is 0 Å². The highest BCUT2D eigenvalue weighted by Crippen LogP contribution is 2.21. The standard InChI is InChI=1S/C12H14N2O.C11H22O4/c1-3-9(2)12(15)14-11-6-4-10(8-13)5-7-11;1-5-11(2,3)10(12)15-9-8-14-7-6-13-4/h4-7,9H,3H2,1-2H3,(H,14,15);5-9H2,1-4H3. The van der Waals surface area contributed by atoms with Crippen LogP contribution < -0.4 is 5.32 Å². The zero-order valence-electron chi connectivity index (χ0n) is 19.1. The van der Waals surface area contributed by atoms with E-state index in [0.29, 0.717) is 32.0 Å². The summed E-state index contributed by atoms with van der Waals surface area (Å²) in [5.74, 6) is -0.136. The van der Waals surface area contributed by atoms with Crippen molar-refractivity contribution in [2.45, 2.75) is 47.5 Å². The van der Waals surface area contributed by atoms with Crippen LogP contribution in [-0.2, 0) is 23.8 Å². The molecule has 1 unspecified atom stereocenters. The first kappa shape index (κ1) is 27.6. The first-order valence-electron chi connectivity index (χ1n) is 10.3. The molecule has 1 aromatic carbocycles. The molecule has 1 atom stereocenters. The minimum absolute atomic E-state index is 0.0145. The molecule has 0 aliphatic rings. The van der Waals surface area contributed by atoms with Crippen LogP contribution in [0, 0.1) is 22.7 Å². The van der Waals surface area contributed by atoms with Crippen molar-refractivity contribution in [2.24, 2.45) is 11.3 Å². The van der Waals surface area contributed by atoms with Gasteiger partial charge in [-0.25, -0.2) is 0 Å². The fourth-order valence-electron chi connectivity index (χ4n) is 1.86. The van der Waals surface area contributed by atoms with Crippen LogP contribution >= 0.6 is 0 Å². The highest BCUT2D eigenvalue weighted by molar-refractivity contribution is 5.92. The van der Waals surface area contributed by atoms with Crippen LogP contribution in [0.15, 0.2) is 24.3 Å². The van der Waals surface area contributed by atoms with E-state index < -0.39 is 5.41 Å². The van der Waals surface area contributed by atoms with Gasteiger partial charge in [0.05, 0.1) is 36.9 Å². The summed E-state index contributed by atoms with van der Waals surface area (Å²) in [5.41, 5.74) is 0.933. The molecule has 0 fully saturated rings. The first-order valence-corrected chi connectivity index (χ1v) is 10.3. The van der Waals surface area contributed by atoms with Gasteiger partial charge < -0.3 is 19.5 Å². The molecule has 1 amide bonds. The van der Waals surface area contributed by atoms with E-state index in [9.17, 15) is 9.59 Å². The number of hydrogen-bond acceptors (Lipinski definition) is 6. The molecule has 1 rings (SSSR count). The Morgan fingerprint density at radius 1 is 1.10 bits per heavy atom.